The van der Waals surface area contributed by atoms with E-state index >= 15 is 0 Å². The summed E-state index contributed by atoms with van der Waals surface area (Å²) < 4.78 is 9.61. The summed E-state index contributed by atoms with van der Waals surface area (Å²) in [6, 6.07) is 14.4. The normalized spacial score (nSPS) is 15.3. The minimum atomic E-state index is -0.398. The largest absolute Gasteiger partial charge is 0.454 e. The Labute approximate surface area is 170 Å². The standard InChI is InChI=1S/C21H17N3O4S/c1-12(25)9-18-22-21(29-24-18)23-19(26)14-7-8-16-15(10-14)11-17(28-20(16)27)13-5-3-2-4-6-13/h2-8,10,17H,9,11H2,1H3,(H,22,23,24,26). The Morgan fingerprint density at radius 3 is 2.76 bits per heavy atom. The van der Waals surface area contributed by atoms with Crippen molar-refractivity contribution in [2.24, 2.45) is 0 Å². The molecule has 1 unspecified atom stereocenters. The van der Waals surface area contributed by atoms with Crippen molar-refractivity contribution in [3.63, 3.8) is 0 Å². The van der Waals surface area contributed by atoms with Gasteiger partial charge in [0.15, 0.2) is 5.82 Å². The third-order valence-corrected chi connectivity index (χ3v) is 5.18. The number of ether oxygens (including phenoxy) is 1. The summed E-state index contributed by atoms with van der Waals surface area (Å²) in [7, 11) is 0. The molecule has 1 atom stereocenters. The lowest BCUT2D eigenvalue weighted by atomic mass is 9.93. The van der Waals surface area contributed by atoms with Crippen LogP contribution in [0.1, 0.15) is 50.7 Å². The van der Waals surface area contributed by atoms with Crippen molar-refractivity contribution >= 4 is 34.3 Å². The highest BCUT2D eigenvalue weighted by molar-refractivity contribution is 7.09. The maximum Gasteiger partial charge on any atom is 0.339 e. The molecule has 4 rings (SSSR count). The lowest BCUT2D eigenvalue weighted by molar-refractivity contribution is -0.116. The van der Waals surface area contributed by atoms with Gasteiger partial charge in [-0.3, -0.25) is 14.9 Å². The molecule has 8 heteroatoms. The lowest BCUT2D eigenvalue weighted by Crippen LogP contribution is -2.23. The molecule has 1 aliphatic heterocycles. The molecule has 1 aliphatic rings. The van der Waals surface area contributed by atoms with Gasteiger partial charge in [-0.1, -0.05) is 30.3 Å². The van der Waals surface area contributed by atoms with Crippen LogP contribution in [0, 0.1) is 0 Å². The number of anilines is 1. The van der Waals surface area contributed by atoms with Crippen LogP contribution in [0.15, 0.2) is 48.5 Å². The molecule has 0 aliphatic carbocycles. The number of amides is 1. The third-order valence-electron chi connectivity index (χ3n) is 4.51. The highest BCUT2D eigenvalue weighted by Crippen LogP contribution is 2.31. The van der Waals surface area contributed by atoms with Crippen molar-refractivity contribution < 1.29 is 19.1 Å². The van der Waals surface area contributed by atoms with E-state index in [0.717, 1.165) is 22.7 Å². The topological polar surface area (TPSA) is 98.3 Å². The van der Waals surface area contributed by atoms with Crippen LogP contribution >= 0.6 is 11.5 Å². The van der Waals surface area contributed by atoms with E-state index in [1.54, 1.807) is 18.2 Å². The minimum absolute atomic E-state index is 0.0461. The fourth-order valence-corrected chi connectivity index (χ4v) is 3.74. The van der Waals surface area contributed by atoms with Crippen LogP contribution in [0.4, 0.5) is 5.13 Å². The summed E-state index contributed by atoms with van der Waals surface area (Å²) in [4.78, 5) is 40.3. The average Bonchev–Trinajstić information content (AvgIpc) is 3.14. The Kier molecular flexibility index (Phi) is 5.18. The van der Waals surface area contributed by atoms with Crippen LogP contribution in [0.5, 0.6) is 0 Å². The first kappa shape index (κ1) is 18.9. The number of nitrogens with one attached hydrogen (secondary N) is 1. The number of hydrogen-bond donors (Lipinski definition) is 1. The number of fused-ring (bicyclic) bond motifs is 1. The van der Waals surface area contributed by atoms with Gasteiger partial charge in [0.1, 0.15) is 11.9 Å². The average molecular weight is 407 g/mol. The molecule has 3 aromatic rings. The summed E-state index contributed by atoms with van der Waals surface area (Å²) in [5.41, 5.74) is 2.55. The Morgan fingerprint density at radius 1 is 1.21 bits per heavy atom. The molecule has 0 spiro atoms. The van der Waals surface area contributed by atoms with Gasteiger partial charge in [-0.05, 0) is 36.2 Å². The lowest BCUT2D eigenvalue weighted by Gasteiger charge is -2.25. The monoisotopic (exact) mass is 407 g/mol. The van der Waals surface area contributed by atoms with Gasteiger partial charge in [-0.15, -0.1) is 0 Å². The molecule has 1 N–H and O–H groups in total. The molecule has 0 fully saturated rings. The fraction of sp³-hybridized carbons (Fsp3) is 0.190. The summed E-state index contributed by atoms with van der Waals surface area (Å²) in [6.45, 7) is 1.46. The molecule has 1 aromatic heterocycles. The highest BCUT2D eigenvalue weighted by Gasteiger charge is 2.28. The molecule has 29 heavy (non-hydrogen) atoms. The minimum Gasteiger partial charge on any atom is -0.454 e. The molecule has 2 aromatic carbocycles. The van der Waals surface area contributed by atoms with Gasteiger partial charge in [0.05, 0.1) is 12.0 Å². The van der Waals surface area contributed by atoms with Gasteiger partial charge in [-0.25, -0.2) is 9.78 Å². The number of carbonyl (C=O) groups is 3. The Bertz CT molecular complexity index is 1090. The summed E-state index contributed by atoms with van der Waals surface area (Å²) in [5.74, 6) is -0.412. The van der Waals surface area contributed by atoms with Crippen molar-refractivity contribution in [2.45, 2.75) is 25.9 Å². The third kappa shape index (κ3) is 4.22. The van der Waals surface area contributed by atoms with Crippen LogP contribution in [0.3, 0.4) is 0 Å². The van der Waals surface area contributed by atoms with Crippen molar-refractivity contribution in [1.29, 1.82) is 0 Å². The number of Topliss-reactive ketones (excluding diaryl/α,β-unsaturated/α-hetero) is 1. The van der Waals surface area contributed by atoms with E-state index in [0.29, 0.717) is 28.5 Å². The van der Waals surface area contributed by atoms with E-state index in [2.05, 4.69) is 14.7 Å². The van der Waals surface area contributed by atoms with Crippen LogP contribution in [-0.4, -0.2) is 27.0 Å². The molecular weight excluding hydrogens is 390 g/mol. The molecule has 7 nitrogen and oxygen atoms in total. The van der Waals surface area contributed by atoms with Gasteiger partial charge in [0, 0.05) is 23.5 Å². The Balaban J connectivity index is 1.53. The van der Waals surface area contributed by atoms with Crippen LogP contribution in [0.2, 0.25) is 0 Å². The maximum absolute atomic E-state index is 12.6. The van der Waals surface area contributed by atoms with E-state index in [4.69, 9.17) is 4.74 Å². The molecule has 146 valence electrons. The van der Waals surface area contributed by atoms with E-state index in [1.807, 2.05) is 30.3 Å². The number of benzene rings is 2. The number of aromatic nitrogens is 2. The van der Waals surface area contributed by atoms with Crippen molar-refractivity contribution in [2.75, 3.05) is 5.32 Å². The second kappa shape index (κ2) is 7.92. The predicted octanol–water partition coefficient (Wildman–Crippen LogP) is 3.38. The first-order chi connectivity index (χ1) is 14.0. The van der Waals surface area contributed by atoms with Crippen molar-refractivity contribution in [1.82, 2.24) is 9.36 Å². The number of nitrogens with zero attached hydrogens (tertiary/aromatic N) is 2. The second-order valence-electron chi connectivity index (χ2n) is 6.73. The van der Waals surface area contributed by atoms with E-state index < -0.39 is 5.97 Å². The van der Waals surface area contributed by atoms with E-state index in [9.17, 15) is 14.4 Å². The number of rotatable bonds is 5. The van der Waals surface area contributed by atoms with E-state index in [-0.39, 0.29) is 24.2 Å². The summed E-state index contributed by atoms with van der Waals surface area (Å²) >= 11 is 1.02. The predicted molar refractivity (Wildman–Crippen MR) is 107 cm³/mol. The molecule has 0 bridgehead atoms. The zero-order valence-corrected chi connectivity index (χ0v) is 16.4. The van der Waals surface area contributed by atoms with Gasteiger partial charge >= 0.3 is 5.97 Å². The number of cyclic esters (lactones) is 1. The SMILES string of the molecule is CC(=O)Cc1nsc(NC(=O)c2ccc3c(c2)CC(c2ccccc2)OC3=O)n1. The molecule has 0 saturated heterocycles. The zero-order chi connectivity index (χ0) is 20.4. The summed E-state index contributed by atoms with van der Waals surface area (Å²) in [6.07, 6.45) is 0.244. The molecule has 0 saturated carbocycles. The van der Waals surface area contributed by atoms with E-state index in [1.165, 1.54) is 6.92 Å². The summed E-state index contributed by atoms with van der Waals surface area (Å²) in [5, 5.41) is 3.02. The van der Waals surface area contributed by atoms with Crippen LogP contribution in [0.25, 0.3) is 0 Å². The number of esters is 1. The van der Waals surface area contributed by atoms with Gasteiger partial charge in [-0.2, -0.15) is 4.37 Å². The van der Waals surface area contributed by atoms with Gasteiger partial charge < -0.3 is 4.74 Å². The number of hydrogen-bond acceptors (Lipinski definition) is 7. The van der Waals surface area contributed by atoms with Crippen molar-refractivity contribution in [3.8, 4) is 0 Å². The van der Waals surface area contributed by atoms with Gasteiger partial charge in [0.25, 0.3) is 5.91 Å². The zero-order valence-electron chi connectivity index (χ0n) is 15.5. The maximum atomic E-state index is 12.6. The first-order valence-electron chi connectivity index (χ1n) is 9.02. The number of carbonyl (C=O) groups excluding carboxylic acids is 3. The fourth-order valence-electron chi connectivity index (χ4n) is 3.16. The Hall–Kier alpha value is -3.39. The van der Waals surface area contributed by atoms with Gasteiger partial charge in [0.2, 0.25) is 5.13 Å². The first-order valence-corrected chi connectivity index (χ1v) is 9.79. The second-order valence-corrected chi connectivity index (χ2v) is 7.48. The number of ketones is 1. The van der Waals surface area contributed by atoms with Crippen molar-refractivity contribution in [3.05, 3.63) is 76.6 Å². The van der Waals surface area contributed by atoms with Crippen LogP contribution in [-0.2, 0) is 22.4 Å². The molecular formula is C21H17N3O4S. The molecule has 2 heterocycles. The van der Waals surface area contributed by atoms with Crippen LogP contribution < -0.4 is 5.32 Å². The smallest absolute Gasteiger partial charge is 0.339 e. The molecule has 0 radical (unpaired) electrons. The Morgan fingerprint density at radius 2 is 2.00 bits per heavy atom. The highest BCUT2D eigenvalue weighted by atomic mass is 32.1. The molecule has 1 amide bonds. The quantitative estimate of drug-likeness (QED) is 0.651.